The second kappa shape index (κ2) is 6.38. The first-order valence-electron chi connectivity index (χ1n) is 11.2. The van der Waals surface area contributed by atoms with Crippen LogP contribution in [0.25, 0.3) is 0 Å². The summed E-state index contributed by atoms with van der Waals surface area (Å²) >= 11 is 0. The number of hydrogen-bond donors (Lipinski definition) is 3. The minimum atomic E-state index is -1.27. The zero-order chi connectivity index (χ0) is 20.6. The van der Waals surface area contributed by atoms with Gasteiger partial charge in [0.25, 0.3) is 0 Å². The van der Waals surface area contributed by atoms with Gasteiger partial charge in [-0.15, -0.1) is 0 Å². The molecule has 4 aliphatic carbocycles. The number of carbonyl (C=O) groups is 2. The summed E-state index contributed by atoms with van der Waals surface area (Å²) in [5.41, 5.74) is -1.43. The molecule has 160 valence electrons. The minimum absolute atomic E-state index is 0.0353. The van der Waals surface area contributed by atoms with Gasteiger partial charge in [0.2, 0.25) is 0 Å². The molecule has 0 aromatic heterocycles. The van der Waals surface area contributed by atoms with Crippen LogP contribution in [0.15, 0.2) is 11.6 Å². The second-order valence-electron chi connectivity index (χ2n) is 10.6. The number of rotatable bonds is 2. The number of ether oxygens (including phenoxy) is 1. The highest BCUT2D eigenvalue weighted by Gasteiger charge is 2.71. The lowest BCUT2D eigenvalue weighted by molar-refractivity contribution is -0.232. The van der Waals surface area contributed by atoms with Gasteiger partial charge in [0.1, 0.15) is 12.9 Å². The summed E-state index contributed by atoms with van der Waals surface area (Å²) < 4.78 is 5.13. The molecule has 2 unspecified atom stereocenters. The van der Waals surface area contributed by atoms with Crippen molar-refractivity contribution in [3.63, 3.8) is 0 Å². The predicted molar refractivity (Wildman–Crippen MR) is 104 cm³/mol. The normalized spacial score (nSPS) is 54.1. The number of esters is 1. The largest absolute Gasteiger partial charge is 0.458 e. The molecule has 3 N–H and O–H groups in total. The molecule has 0 bridgehead atoms. The lowest BCUT2D eigenvalue weighted by Crippen LogP contribution is -2.66. The van der Waals surface area contributed by atoms with E-state index in [1.54, 1.807) is 0 Å². The maximum atomic E-state index is 12.5. The Balaban J connectivity index is 1.53. The van der Waals surface area contributed by atoms with Gasteiger partial charge in [-0.3, -0.25) is 0 Å². The number of hydrogen-bond acceptors (Lipinski definition) is 6. The quantitative estimate of drug-likeness (QED) is 0.479. The van der Waals surface area contributed by atoms with Crippen molar-refractivity contribution in [2.45, 2.75) is 76.1 Å². The molecule has 4 saturated carbocycles. The molecule has 0 aromatic rings. The molecule has 6 heteroatoms. The summed E-state index contributed by atoms with van der Waals surface area (Å²) in [6, 6.07) is 0. The number of aliphatic hydroxyl groups is 3. The van der Waals surface area contributed by atoms with Crippen molar-refractivity contribution in [3.05, 3.63) is 11.6 Å². The highest BCUT2D eigenvalue weighted by molar-refractivity contribution is 5.85. The van der Waals surface area contributed by atoms with Gasteiger partial charge < -0.3 is 24.9 Å². The van der Waals surface area contributed by atoms with Crippen molar-refractivity contribution < 1.29 is 29.6 Å². The molecule has 4 fully saturated rings. The minimum Gasteiger partial charge on any atom is -0.458 e. The first-order chi connectivity index (χ1) is 13.8. The maximum Gasteiger partial charge on any atom is 0.331 e. The van der Waals surface area contributed by atoms with E-state index in [9.17, 15) is 24.9 Å². The van der Waals surface area contributed by atoms with Crippen LogP contribution in [0.1, 0.15) is 58.3 Å². The average molecular weight is 405 g/mol. The molecule has 1 aliphatic heterocycles. The van der Waals surface area contributed by atoms with E-state index in [1.165, 1.54) is 6.08 Å². The monoisotopic (exact) mass is 404 g/mol. The first-order valence-corrected chi connectivity index (χ1v) is 11.2. The molecule has 0 aromatic carbocycles. The fraction of sp³-hybridized carbons (Fsp3) is 0.826. The zero-order valence-corrected chi connectivity index (χ0v) is 17.0. The second-order valence-corrected chi connectivity index (χ2v) is 10.6. The van der Waals surface area contributed by atoms with Crippen LogP contribution < -0.4 is 0 Å². The predicted octanol–water partition coefficient (Wildman–Crippen LogP) is 1.75. The summed E-state index contributed by atoms with van der Waals surface area (Å²) in [5.74, 6) is -0.378. The van der Waals surface area contributed by atoms with E-state index >= 15 is 0 Å². The zero-order valence-electron chi connectivity index (χ0n) is 17.0. The van der Waals surface area contributed by atoms with Gasteiger partial charge in [-0.05, 0) is 80.6 Å². The molecule has 5 rings (SSSR count). The number of fused-ring (bicyclic) bond motifs is 5. The van der Waals surface area contributed by atoms with Crippen LogP contribution in [0.2, 0.25) is 0 Å². The van der Waals surface area contributed by atoms with Crippen LogP contribution in [-0.2, 0) is 14.3 Å². The molecule has 5 aliphatic rings. The lowest BCUT2D eigenvalue weighted by Gasteiger charge is -2.63. The third kappa shape index (κ3) is 2.40. The van der Waals surface area contributed by atoms with Crippen molar-refractivity contribution >= 4 is 12.3 Å². The Hall–Kier alpha value is -1.24. The Morgan fingerprint density at radius 3 is 2.59 bits per heavy atom. The van der Waals surface area contributed by atoms with E-state index in [-0.39, 0.29) is 42.4 Å². The van der Waals surface area contributed by atoms with Crippen LogP contribution in [0.4, 0.5) is 0 Å². The summed E-state index contributed by atoms with van der Waals surface area (Å²) in [6.07, 6.45) is 6.94. The summed E-state index contributed by atoms with van der Waals surface area (Å²) in [6.45, 7) is 2.30. The van der Waals surface area contributed by atoms with Gasteiger partial charge in [0, 0.05) is 16.9 Å². The van der Waals surface area contributed by atoms with Crippen LogP contribution >= 0.6 is 0 Å². The molecular formula is C23H32O6. The van der Waals surface area contributed by atoms with Crippen molar-refractivity contribution in [2.24, 2.45) is 34.5 Å². The van der Waals surface area contributed by atoms with Gasteiger partial charge >= 0.3 is 5.97 Å². The summed E-state index contributed by atoms with van der Waals surface area (Å²) in [4.78, 5) is 24.1. The van der Waals surface area contributed by atoms with Gasteiger partial charge in [0.05, 0.1) is 17.8 Å². The fourth-order valence-electron chi connectivity index (χ4n) is 8.33. The molecule has 29 heavy (non-hydrogen) atoms. The first kappa shape index (κ1) is 19.7. The van der Waals surface area contributed by atoms with Gasteiger partial charge in [-0.1, -0.05) is 6.92 Å². The van der Waals surface area contributed by atoms with Crippen LogP contribution in [0.5, 0.6) is 0 Å². The van der Waals surface area contributed by atoms with Gasteiger partial charge in [-0.2, -0.15) is 0 Å². The van der Waals surface area contributed by atoms with Crippen molar-refractivity contribution in [1.82, 2.24) is 0 Å². The Morgan fingerprint density at radius 2 is 1.90 bits per heavy atom. The molecule has 0 saturated heterocycles. The Labute approximate surface area is 171 Å². The highest BCUT2D eigenvalue weighted by Crippen LogP contribution is 2.69. The third-order valence-corrected chi connectivity index (χ3v) is 9.77. The molecule has 0 spiro atoms. The van der Waals surface area contributed by atoms with Gasteiger partial charge in [0.15, 0.2) is 0 Å². The smallest absolute Gasteiger partial charge is 0.331 e. The molecule has 1 heterocycles. The highest BCUT2D eigenvalue weighted by atomic mass is 16.5. The Kier molecular flexibility index (Phi) is 4.34. The number of carbonyl (C=O) groups excluding carboxylic acids is 2. The average Bonchev–Trinajstić information content (AvgIpc) is 3.21. The van der Waals surface area contributed by atoms with Crippen molar-refractivity contribution in [1.29, 1.82) is 0 Å². The van der Waals surface area contributed by atoms with E-state index in [0.717, 1.165) is 31.1 Å². The summed E-state index contributed by atoms with van der Waals surface area (Å²) in [7, 11) is 0. The number of cyclic esters (lactones) is 1. The van der Waals surface area contributed by atoms with Gasteiger partial charge in [-0.25, -0.2) is 4.79 Å². The van der Waals surface area contributed by atoms with Crippen LogP contribution in [0.3, 0.4) is 0 Å². The molecule has 0 amide bonds. The molecule has 0 radical (unpaired) electrons. The third-order valence-electron chi connectivity index (χ3n) is 9.77. The Morgan fingerprint density at radius 1 is 1.10 bits per heavy atom. The number of aldehydes is 1. The standard InChI is InChI=1S/C23H32O6/c1-21-6-5-16-17(3-2-14-9-15(25)4-7-22(14,16)12-24)23(21,28)19(26)10-18(21)13-8-20(27)29-11-13/h8,12,14-19,25-26,28H,2-7,9-11H2,1H3/t14-,15-,16?,17?,18+,19+,21+,22+,23+/m0/s1. The van der Waals surface area contributed by atoms with Crippen LogP contribution in [0, 0.1) is 34.5 Å². The number of aliphatic hydroxyl groups excluding tert-OH is 2. The van der Waals surface area contributed by atoms with E-state index in [0.29, 0.717) is 32.1 Å². The lowest BCUT2D eigenvalue weighted by atomic mass is 9.43. The van der Waals surface area contributed by atoms with Crippen LogP contribution in [-0.4, -0.2) is 52.0 Å². The van der Waals surface area contributed by atoms with E-state index in [1.807, 2.05) is 0 Å². The Bertz CT molecular complexity index is 762. The molecule has 9 atom stereocenters. The fourth-order valence-corrected chi connectivity index (χ4v) is 8.33. The van der Waals surface area contributed by atoms with E-state index < -0.39 is 22.5 Å². The topological polar surface area (TPSA) is 104 Å². The van der Waals surface area contributed by atoms with E-state index in [2.05, 4.69) is 6.92 Å². The molecule has 6 nitrogen and oxygen atoms in total. The summed E-state index contributed by atoms with van der Waals surface area (Å²) in [5, 5.41) is 33.4. The maximum absolute atomic E-state index is 12.5. The van der Waals surface area contributed by atoms with E-state index in [4.69, 9.17) is 4.74 Å². The molecular weight excluding hydrogens is 372 g/mol. The van der Waals surface area contributed by atoms with Crippen molar-refractivity contribution in [3.8, 4) is 0 Å². The van der Waals surface area contributed by atoms with Crippen molar-refractivity contribution in [2.75, 3.05) is 6.61 Å². The SMILES string of the molecule is C[C@]12CCC3C(CC[C@H]4C[C@@H](O)CC[C@]34C=O)[C@@]1(O)[C@H](O)C[C@@H]2C1=CC(=O)OC1.